The Kier molecular flexibility index (Phi) is 3.13. The summed E-state index contributed by atoms with van der Waals surface area (Å²) in [7, 11) is 0. The van der Waals surface area contributed by atoms with E-state index in [1.54, 1.807) is 24.3 Å². The third-order valence-corrected chi connectivity index (χ3v) is 3.06. The number of hydrogen-bond acceptors (Lipinski definition) is 3. The second kappa shape index (κ2) is 4.97. The minimum Gasteiger partial charge on any atom is -0.396 e. The van der Waals surface area contributed by atoms with Gasteiger partial charge in [-0.05, 0) is 6.07 Å². The molecule has 3 aromatic rings. The van der Waals surface area contributed by atoms with Gasteiger partial charge >= 0.3 is 0 Å². The second-order valence-electron chi connectivity index (χ2n) is 4.48. The van der Waals surface area contributed by atoms with Gasteiger partial charge in [-0.15, -0.1) is 0 Å². The Morgan fingerprint density at radius 3 is 2.33 bits per heavy atom. The fraction of sp³-hybridized carbons (Fsp3) is 0. The number of nitrogen functional groups attached to an aromatic ring is 1. The van der Waals surface area contributed by atoms with Crippen LogP contribution in [0.4, 0.5) is 30.2 Å². The normalized spacial score (nSPS) is 10.8. The van der Waals surface area contributed by atoms with E-state index in [0.717, 1.165) is 0 Å². The summed E-state index contributed by atoms with van der Waals surface area (Å²) in [6.45, 7) is 0. The lowest BCUT2D eigenvalue weighted by atomic mass is 10.1. The van der Waals surface area contributed by atoms with Crippen molar-refractivity contribution in [1.29, 1.82) is 0 Å². The molecule has 0 amide bonds. The molecule has 1 aromatic heterocycles. The van der Waals surface area contributed by atoms with Crippen LogP contribution in [0.2, 0.25) is 0 Å². The van der Waals surface area contributed by atoms with E-state index in [0.29, 0.717) is 28.7 Å². The number of halogens is 3. The van der Waals surface area contributed by atoms with E-state index in [4.69, 9.17) is 5.73 Å². The van der Waals surface area contributed by atoms with E-state index in [-0.39, 0.29) is 5.69 Å². The van der Waals surface area contributed by atoms with Crippen LogP contribution in [0.25, 0.3) is 10.9 Å². The largest absolute Gasteiger partial charge is 0.396 e. The summed E-state index contributed by atoms with van der Waals surface area (Å²) in [6, 6.07) is 8.22. The van der Waals surface area contributed by atoms with E-state index < -0.39 is 23.1 Å². The molecule has 3 nitrogen and oxygen atoms in total. The molecular weight excluding hydrogens is 279 g/mol. The van der Waals surface area contributed by atoms with Crippen molar-refractivity contribution < 1.29 is 13.2 Å². The van der Waals surface area contributed by atoms with Gasteiger partial charge in [0, 0.05) is 17.5 Å². The van der Waals surface area contributed by atoms with Crippen molar-refractivity contribution in [3.63, 3.8) is 0 Å². The number of nitrogens with two attached hydrogens (primary N) is 1. The maximum atomic E-state index is 13.7. The number of benzene rings is 2. The van der Waals surface area contributed by atoms with Crippen molar-refractivity contribution in [3.8, 4) is 0 Å². The molecule has 6 heteroatoms. The molecule has 0 fully saturated rings. The van der Waals surface area contributed by atoms with Gasteiger partial charge in [-0.25, -0.2) is 13.2 Å². The lowest BCUT2D eigenvalue weighted by molar-refractivity contribution is 0.549. The van der Waals surface area contributed by atoms with Crippen molar-refractivity contribution in [3.05, 3.63) is 60.0 Å². The van der Waals surface area contributed by atoms with Crippen LogP contribution in [0.15, 0.2) is 42.6 Å². The van der Waals surface area contributed by atoms with Gasteiger partial charge in [0.15, 0.2) is 11.6 Å². The van der Waals surface area contributed by atoms with E-state index in [9.17, 15) is 13.2 Å². The Morgan fingerprint density at radius 2 is 1.62 bits per heavy atom. The smallest absolute Gasteiger partial charge is 0.152 e. The predicted molar refractivity (Wildman–Crippen MR) is 75.8 cm³/mol. The average molecular weight is 289 g/mol. The quantitative estimate of drug-likeness (QED) is 0.750. The van der Waals surface area contributed by atoms with Crippen LogP contribution in [0.5, 0.6) is 0 Å². The highest BCUT2D eigenvalue weighted by atomic mass is 19.1. The van der Waals surface area contributed by atoms with Gasteiger partial charge in [-0.3, -0.25) is 4.98 Å². The van der Waals surface area contributed by atoms with Gasteiger partial charge in [-0.1, -0.05) is 18.2 Å². The first-order chi connectivity index (χ1) is 10.1. The van der Waals surface area contributed by atoms with Crippen LogP contribution in [0.3, 0.4) is 0 Å². The molecule has 106 valence electrons. The molecular formula is C15H10F3N3. The Morgan fingerprint density at radius 1 is 0.952 bits per heavy atom. The van der Waals surface area contributed by atoms with E-state index in [1.165, 1.54) is 6.20 Å². The molecule has 3 N–H and O–H groups in total. The van der Waals surface area contributed by atoms with Crippen molar-refractivity contribution >= 4 is 28.0 Å². The molecule has 0 bridgehead atoms. The van der Waals surface area contributed by atoms with Crippen LogP contribution in [0, 0.1) is 17.5 Å². The Labute approximate surface area is 118 Å². The fourth-order valence-electron chi connectivity index (χ4n) is 2.08. The van der Waals surface area contributed by atoms with Crippen molar-refractivity contribution in [1.82, 2.24) is 4.98 Å². The summed E-state index contributed by atoms with van der Waals surface area (Å²) >= 11 is 0. The van der Waals surface area contributed by atoms with Crippen LogP contribution < -0.4 is 11.1 Å². The number of rotatable bonds is 2. The first kappa shape index (κ1) is 13.2. The summed E-state index contributed by atoms with van der Waals surface area (Å²) in [5.74, 6) is -3.05. The number of nitrogens with one attached hydrogen (secondary N) is 1. The van der Waals surface area contributed by atoms with Crippen molar-refractivity contribution in [2.75, 3.05) is 11.1 Å². The highest BCUT2D eigenvalue weighted by Gasteiger charge is 2.14. The molecule has 0 atom stereocenters. The molecule has 0 aliphatic carbocycles. The van der Waals surface area contributed by atoms with Crippen LogP contribution in [-0.4, -0.2) is 4.98 Å². The Bertz CT molecular complexity index is 811. The number of para-hydroxylation sites is 1. The van der Waals surface area contributed by atoms with Gasteiger partial charge in [-0.2, -0.15) is 0 Å². The minimum absolute atomic E-state index is 0.233. The highest BCUT2D eigenvalue weighted by Crippen LogP contribution is 2.32. The molecule has 2 aromatic carbocycles. The van der Waals surface area contributed by atoms with Gasteiger partial charge in [0.05, 0.1) is 23.1 Å². The van der Waals surface area contributed by atoms with E-state index in [2.05, 4.69) is 10.3 Å². The zero-order valence-corrected chi connectivity index (χ0v) is 10.7. The predicted octanol–water partition coefficient (Wildman–Crippen LogP) is 3.98. The first-order valence-electron chi connectivity index (χ1n) is 6.11. The minimum atomic E-state index is -1.03. The Hall–Kier alpha value is -2.76. The number of pyridine rings is 1. The summed E-state index contributed by atoms with van der Waals surface area (Å²) in [4.78, 5) is 4.13. The lowest BCUT2D eigenvalue weighted by Crippen LogP contribution is -2.03. The van der Waals surface area contributed by atoms with Crippen LogP contribution in [0.1, 0.15) is 0 Å². The molecule has 0 saturated carbocycles. The maximum Gasteiger partial charge on any atom is 0.152 e. The number of aromatic nitrogens is 1. The van der Waals surface area contributed by atoms with Gasteiger partial charge < -0.3 is 11.1 Å². The van der Waals surface area contributed by atoms with Gasteiger partial charge in [0.25, 0.3) is 0 Å². The number of nitrogens with zero attached hydrogens (tertiary/aromatic N) is 1. The molecule has 1 heterocycles. The summed E-state index contributed by atoms with van der Waals surface area (Å²) in [6.07, 6.45) is 1.39. The van der Waals surface area contributed by atoms with Gasteiger partial charge in [0.2, 0.25) is 0 Å². The van der Waals surface area contributed by atoms with Crippen LogP contribution >= 0.6 is 0 Å². The molecule has 0 saturated heterocycles. The standard InChI is InChI=1S/C15H10F3N3/c16-8-5-10(17)15(11(18)6-8)21-14-9-3-1-2-4-13(9)20-7-12(14)19/h1-7H,19H2,(H,20,21). The monoisotopic (exact) mass is 289 g/mol. The molecule has 0 radical (unpaired) electrons. The van der Waals surface area contributed by atoms with E-state index >= 15 is 0 Å². The average Bonchev–Trinajstić information content (AvgIpc) is 2.44. The molecule has 0 unspecified atom stereocenters. The van der Waals surface area contributed by atoms with Gasteiger partial charge in [0.1, 0.15) is 11.5 Å². The molecule has 0 aliphatic rings. The number of anilines is 3. The zero-order valence-electron chi connectivity index (χ0n) is 10.7. The first-order valence-corrected chi connectivity index (χ1v) is 6.11. The molecule has 0 aliphatic heterocycles. The molecule has 3 rings (SSSR count). The summed E-state index contributed by atoms with van der Waals surface area (Å²) < 4.78 is 40.4. The SMILES string of the molecule is Nc1cnc2ccccc2c1Nc1c(F)cc(F)cc1F. The maximum absolute atomic E-state index is 13.7. The van der Waals surface area contributed by atoms with Crippen molar-refractivity contribution in [2.45, 2.75) is 0 Å². The topological polar surface area (TPSA) is 50.9 Å². The third kappa shape index (κ3) is 2.35. The van der Waals surface area contributed by atoms with E-state index in [1.807, 2.05) is 0 Å². The Balaban J connectivity index is 2.17. The van der Waals surface area contributed by atoms with Crippen molar-refractivity contribution in [2.24, 2.45) is 0 Å². The lowest BCUT2D eigenvalue weighted by Gasteiger charge is -2.13. The fourth-order valence-corrected chi connectivity index (χ4v) is 2.08. The number of hydrogen-bond donors (Lipinski definition) is 2. The zero-order chi connectivity index (χ0) is 15.0. The molecule has 0 spiro atoms. The summed E-state index contributed by atoms with van der Waals surface area (Å²) in [5, 5.41) is 3.21. The van der Waals surface area contributed by atoms with Crippen LogP contribution in [-0.2, 0) is 0 Å². The third-order valence-electron chi connectivity index (χ3n) is 3.06. The summed E-state index contributed by atoms with van der Waals surface area (Å²) in [5.41, 5.74) is 6.54. The second-order valence-corrected chi connectivity index (χ2v) is 4.48. The highest BCUT2D eigenvalue weighted by molar-refractivity contribution is 5.98. The molecule has 21 heavy (non-hydrogen) atoms. The number of fused-ring (bicyclic) bond motifs is 1.